The van der Waals surface area contributed by atoms with Gasteiger partial charge >= 0.3 is 5.97 Å². The fourth-order valence-corrected chi connectivity index (χ4v) is 5.78. The molecule has 2 heterocycles. The Morgan fingerprint density at radius 2 is 2.04 bits per heavy atom. The number of esters is 1. The number of cyclic esters (lactones) is 1. The fourth-order valence-electron chi connectivity index (χ4n) is 5.78. The molecule has 0 aromatic carbocycles. The van der Waals surface area contributed by atoms with Gasteiger partial charge < -0.3 is 14.6 Å². The van der Waals surface area contributed by atoms with Crippen molar-refractivity contribution in [1.82, 2.24) is 0 Å². The van der Waals surface area contributed by atoms with Crippen molar-refractivity contribution in [2.75, 3.05) is 13.2 Å². The number of fused-ring (bicyclic) bond motifs is 2. The highest BCUT2D eigenvalue weighted by atomic mass is 16.5. The Morgan fingerprint density at radius 3 is 2.75 bits per heavy atom. The van der Waals surface area contributed by atoms with Gasteiger partial charge in [0.25, 0.3) is 0 Å². The molecule has 0 amide bonds. The van der Waals surface area contributed by atoms with Crippen LogP contribution in [-0.2, 0) is 14.3 Å². The van der Waals surface area contributed by atoms with Crippen LogP contribution in [0.4, 0.5) is 0 Å². The Kier molecular flexibility index (Phi) is 3.70. The molecule has 4 atom stereocenters. The summed E-state index contributed by atoms with van der Waals surface area (Å²) in [4.78, 5) is 11.9. The Morgan fingerprint density at radius 1 is 1.25 bits per heavy atom. The minimum absolute atomic E-state index is 0.0646. The van der Waals surface area contributed by atoms with Gasteiger partial charge in [0.05, 0.1) is 24.4 Å². The first-order valence-electron chi connectivity index (χ1n) is 9.22. The van der Waals surface area contributed by atoms with Crippen LogP contribution in [0.5, 0.6) is 0 Å². The first kappa shape index (κ1) is 16.3. The number of aliphatic hydroxyl groups is 1. The van der Waals surface area contributed by atoms with Crippen LogP contribution >= 0.6 is 0 Å². The molecule has 2 aliphatic carbocycles. The molecule has 1 fully saturated rings. The van der Waals surface area contributed by atoms with Crippen LogP contribution in [0.3, 0.4) is 0 Å². The largest absolute Gasteiger partial charge is 0.458 e. The van der Waals surface area contributed by atoms with E-state index in [1.165, 1.54) is 11.1 Å². The number of hydrogen-bond acceptors (Lipinski definition) is 4. The van der Waals surface area contributed by atoms with Crippen LogP contribution in [0.25, 0.3) is 0 Å². The Hall–Kier alpha value is -1.13. The zero-order valence-electron chi connectivity index (χ0n) is 14.9. The topological polar surface area (TPSA) is 55.8 Å². The highest BCUT2D eigenvalue weighted by molar-refractivity contribution is 5.91. The predicted molar refractivity (Wildman–Crippen MR) is 90.3 cm³/mol. The summed E-state index contributed by atoms with van der Waals surface area (Å²) in [5.74, 6) is 0.261. The molecule has 132 valence electrons. The third-order valence-corrected chi connectivity index (χ3v) is 7.26. The van der Waals surface area contributed by atoms with Crippen LogP contribution in [0, 0.1) is 16.7 Å². The molecule has 0 saturated heterocycles. The molecule has 0 aromatic rings. The summed E-state index contributed by atoms with van der Waals surface area (Å²) in [5, 5.41) is 10.5. The number of carbonyl (C=O) groups is 1. The Labute approximate surface area is 143 Å². The van der Waals surface area contributed by atoms with E-state index >= 15 is 0 Å². The first-order chi connectivity index (χ1) is 11.3. The van der Waals surface area contributed by atoms with E-state index < -0.39 is 0 Å². The van der Waals surface area contributed by atoms with Gasteiger partial charge in [0.1, 0.15) is 6.61 Å². The average molecular weight is 332 g/mol. The van der Waals surface area contributed by atoms with Crippen molar-refractivity contribution in [3.8, 4) is 0 Å². The molecule has 0 aromatic heterocycles. The quantitative estimate of drug-likeness (QED) is 0.592. The summed E-state index contributed by atoms with van der Waals surface area (Å²) < 4.78 is 11.1. The van der Waals surface area contributed by atoms with Crippen LogP contribution < -0.4 is 0 Å². The lowest BCUT2D eigenvalue weighted by Crippen LogP contribution is -2.53. The van der Waals surface area contributed by atoms with E-state index in [1.807, 2.05) is 6.08 Å². The molecule has 4 rings (SSSR count). The molecule has 4 nitrogen and oxygen atoms in total. The van der Waals surface area contributed by atoms with Crippen LogP contribution in [0.2, 0.25) is 0 Å². The number of rotatable bonds is 1. The second kappa shape index (κ2) is 5.43. The van der Waals surface area contributed by atoms with Gasteiger partial charge in [-0.2, -0.15) is 0 Å². The molecule has 2 aliphatic heterocycles. The lowest BCUT2D eigenvalue weighted by Gasteiger charge is -2.58. The molecule has 0 radical (unpaired) electrons. The van der Waals surface area contributed by atoms with E-state index in [0.29, 0.717) is 24.7 Å². The van der Waals surface area contributed by atoms with Gasteiger partial charge in [-0.05, 0) is 60.5 Å². The highest BCUT2D eigenvalue weighted by Gasteiger charge is 2.55. The van der Waals surface area contributed by atoms with Crippen molar-refractivity contribution in [2.45, 2.75) is 65.1 Å². The maximum Gasteiger partial charge on any atom is 0.336 e. The molecule has 0 unspecified atom stereocenters. The zero-order chi connectivity index (χ0) is 17.1. The third-order valence-electron chi connectivity index (χ3n) is 7.26. The van der Waals surface area contributed by atoms with E-state index in [-0.39, 0.29) is 29.0 Å². The SMILES string of the molecule is CC1(C)[C@@H](O)CC[C@]2(C)C3=C(CC[C@@H]12)CO[C@H](C1=CCOC1=O)C3. The van der Waals surface area contributed by atoms with E-state index in [0.717, 1.165) is 32.1 Å². The fraction of sp³-hybridized carbons (Fsp3) is 0.750. The lowest BCUT2D eigenvalue weighted by atomic mass is 9.48. The average Bonchev–Trinajstić information content (AvgIpc) is 2.97. The van der Waals surface area contributed by atoms with Crippen LogP contribution in [0.1, 0.15) is 52.9 Å². The summed E-state index contributed by atoms with van der Waals surface area (Å²) in [5.41, 5.74) is 3.67. The smallest absolute Gasteiger partial charge is 0.336 e. The van der Waals surface area contributed by atoms with E-state index in [9.17, 15) is 9.90 Å². The summed E-state index contributed by atoms with van der Waals surface area (Å²) in [6, 6.07) is 0. The molecule has 4 aliphatic rings. The molecule has 4 heteroatoms. The van der Waals surface area contributed by atoms with Crippen LogP contribution in [0.15, 0.2) is 22.8 Å². The molecule has 1 saturated carbocycles. The molecule has 24 heavy (non-hydrogen) atoms. The minimum Gasteiger partial charge on any atom is -0.458 e. The van der Waals surface area contributed by atoms with Gasteiger partial charge in [0, 0.05) is 0 Å². The molecule has 1 N–H and O–H groups in total. The third kappa shape index (κ3) is 2.22. The summed E-state index contributed by atoms with van der Waals surface area (Å²) in [6.07, 6.45) is 6.35. The molecular formula is C20H28O4. The summed E-state index contributed by atoms with van der Waals surface area (Å²) in [6.45, 7) is 7.83. The second-order valence-electron chi connectivity index (χ2n) is 8.73. The minimum atomic E-state index is -0.221. The number of carbonyl (C=O) groups excluding carboxylic acids is 1. The second-order valence-corrected chi connectivity index (χ2v) is 8.73. The summed E-state index contributed by atoms with van der Waals surface area (Å²) in [7, 11) is 0. The maximum atomic E-state index is 11.9. The normalized spacial score (nSPS) is 41.4. The first-order valence-corrected chi connectivity index (χ1v) is 9.22. The van der Waals surface area contributed by atoms with Crippen molar-refractivity contribution < 1.29 is 19.4 Å². The van der Waals surface area contributed by atoms with Gasteiger partial charge in [-0.3, -0.25) is 0 Å². The van der Waals surface area contributed by atoms with Crippen LogP contribution in [-0.4, -0.2) is 36.5 Å². The predicted octanol–water partition coefficient (Wildman–Crippen LogP) is 3.15. The number of ether oxygens (including phenoxy) is 2. The van der Waals surface area contributed by atoms with Crippen molar-refractivity contribution >= 4 is 5.97 Å². The van der Waals surface area contributed by atoms with Gasteiger partial charge in [-0.1, -0.05) is 26.3 Å². The number of aliphatic hydroxyl groups excluding tert-OH is 1. The van der Waals surface area contributed by atoms with Crippen molar-refractivity contribution in [1.29, 1.82) is 0 Å². The number of hydrogen-bond donors (Lipinski definition) is 1. The van der Waals surface area contributed by atoms with E-state index in [1.54, 1.807) is 0 Å². The van der Waals surface area contributed by atoms with Gasteiger partial charge in [0.15, 0.2) is 0 Å². The standard InChI is InChI=1S/C20H28O4/c1-19(2)16-5-4-12-11-24-15(13-7-9-23-18(13)22)10-14(12)20(16,3)8-6-17(19)21/h7,15-17,21H,4-6,8-11H2,1-3H3/t15-,16-,17-,20+/m0/s1. The maximum absolute atomic E-state index is 11.9. The van der Waals surface area contributed by atoms with Gasteiger partial charge in [-0.25, -0.2) is 4.79 Å². The molecule has 0 spiro atoms. The Bertz CT molecular complexity index is 630. The van der Waals surface area contributed by atoms with Crippen molar-refractivity contribution in [2.24, 2.45) is 16.7 Å². The monoisotopic (exact) mass is 332 g/mol. The van der Waals surface area contributed by atoms with E-state index in [2.05, 4.69) is 20.8 Å². The summed E-state index contributed by atoms with van der Waals surface area (Å²) >= 11 is 0. The van der Waals surface area contributed by atoms with E-state index in [4.69, 9.17) is 9.47 Å². The lowest BCUT2D eigenvalue weighted by molar-refractivity contribution is -0.137. The molecular weight excluding hydrogens is 304 g/mol. The molecule has 0 bridgehead atoms. The van der Waals surface area contributed by atoms with Crippen molar-refractivity contribution in [3.63, 3.8) is 0 Å². The van der Waals surface area contributed by atoms with Gasteiger partial charge in [0.2, 0.25) is 0 Å². The zero-order valence-corrected chi connectivity index (χ0v) is 14.9. The van der Waals surface area contributed by atoms with Gasteiger partial charge in [-0.15, -0.1) is 0 Å². The highest BCUT2D eigenvalue weighted by Crippen LogP contribution is 2.61. The van der Waals surface area contributed by atoms with Crippen molar-refractivity contribution in [3.05, 3.63) is 22.8 Å². The Balaban J connectivity index is 1.67.